The lowest BCUT2D eigenvalue weighted by molar-refractivity contribution is 0.698. The average Bonchev–Trinajstić information content (AvgIpc) is 2.63. The van der Waals surface area contributed by atoms with Crippen molar-refractivity contribution >= 4 is 11.6 Å². The number of benzene rings is 1. The molecule has 1 aromatic carbocycles. The molecule has 0 spiro atoms. The first-order valence-corrected chi connectivity index (χ1v) is 8.68. The number of pyridine rings is 1. The Morgan fingerprint density at radius 3 is 2.73 bits per heavy atom. The molecule has 2 N–H and O–H groups in total. The van der Waals surface area contributed by atoms with Crippen LogP contribution in [0.15, 0.2) is 47.5 Å². The van der Waals surface area contributed by atoms with E-state index in [1.54, 1.807) is 10.8 Å². The summed E-state index contributed by atoms with van der Waals surface area (Å²) in [5.41, 5.74) is 11.4. The van der Waals surface area contributed by atoms with Crippen molar-refractivity contribution in [2.45, 2.75) is 26.8 Å². The smallest absolute Gasteiger partial charge is 0.278 e. The number of aryl methyl sites for hydroxylation is 2. The summed E-state index contributed by atoms with van der Waals surface area (Å²) < 4.78 is 1.73. The van der Waals surface area contributed by atoms with E-state index < -0.39 is 0 Å². The van der Waals surface area contributed by atoms with Gasteiger partial charge in [0.1, 0.15) is 5.69 Å². The Kier molecular flexibility index (Phi) is 3.95. The van der Waals surface area contributed by atoms with Crippen molar-refractivity contribution in [3.63, 3.8) is 0 Å². The van der Waals surface area contributed by atoms with Crippen molar-refractivity contribution in [2.24, 2.45) is 0 Å². The fourth-order valence-corrected chi connectivity index (χ4v) is 3.55. The lowest BCUT2D eigenvalue weighted by atomic mass is 10.1. The molecule has 0 aliphatic carbocycles. The van der Waals surface area contributed by atoms with Crippen molar-refractivity contribution in [3.05, 3.63) is 75.5 Å². The predicted octanol–water partition coefficient (Wildman–Crippen LogP) is 2.39. The van der Waals surface area contributed by atoms with Crippen molar-refractivity contribution in [2.75, 3.05) is 17.2 Å². The van der Waals surface area contributed by atoms with Crippen LogP contribution in [-0.4, -0.2) is 21.1 Å². The first-order chi connectivity index (χ1) is 12.5. The lowest BCUT2D eigenvalue weighted by Crippen LogP contribution is -2.37. The SMILES string of the molecule is Cc1ccccc1-n1ccc(C)c(N2CCc3nc(N)ncc3C2)c1=O. The summed E-state index contributed by atoms with van der Waals surface area (Å²) in [6, 6.07) is 9.91. The van der Waals surface area contributed by atoms with E-state index in [0.717, 1.165) is 46.7 Å². The number of fused-ring (bicyclic) bond motifs is 1. The quantitative estimate of drug-likeness (QED) is 0.770. The number of nitrogens with zero attached hydrogens (tertiary/aromatic N) is 4. The highest BCUT2D eigenvalue weighted by Gasteiger charge is 2.23. The zero-order chi connectivity index (χ0) is 18.3. The molecule has 2 aromatic heterocycles. The third kappa shape index (κ3) is 2.73. The van der Waals surface area contributed by atoms with Gasteiger partial charge in [0.2, 0.25) is 5.95 Å². The zero-order valence-corrected chi connectivity index (χ0v) is 14.9. The van der Waals surface area contributed by atoms with Gasteiger partial charge in [0.05, 0.1) is 11.4 Å². The van der Waals surface area contributed by atoms with Gasteiger partial charge in [0.25, 0.3) is 5.56 Å². The first-order valence-electron chi connectivity index (χ1n) is 8.68. The molecule has 6 heteroatoms. The molecule has 3 heterocycles. The molecule has 6 nitrogen and oxygen atoms in total. The Morgan fingerprint density at radius 2 is 1.92 bits per heavy atom. The maximum Gasteiger partial charge on any atom is 0.278 e. The van der Waals surface area contributed by atoms with E-state index in [9.17, 15) is 4.79 Å². The molecule has 0 saturated heterocycles. The van der Waals surface area contributed by atoms with Gasteiger partial charge in [-0.2, -0.15) is 0 Å². The van der Waals surface area contributed by atoms with Crippen molar-refractivity contribution in [1.29, 1.82) is 0 Å². The second-order valence-corrected chi connectivity index (χ2v) is 6.68. The third-order valence-electron chi connectivity index (χ3n) is 4.91. The number of rotatable bonds is 2. The van der Waals surface area contributed by atoms with E-state index in [1.165, 1.54) is 0 Å². The van der Waals surface area contributed by atoms with Crippen LogP contribution in [0.2, 0.25) is 0 Å². The van der Waals surface area contributed by atoms with E-state index in [1.807, 2.05) is 50.4 Å². The number of aromatic nitrogens is 3. The number of hydrogen-bond acceptors (Lipinski definition) is 5. The van der Waals surface area contributed by atoms with Gasteiger partial charge in [-0.1, -0.05) is 18.2 Å². The van der Waals surface area contributed by atoms with E-state index in [2.05, 4.69) is 14.9 Å². The second-order valence-electron chi connectivity index (χ2n) is 6.68. The van der Waals surface area contributed by atoms with E-state index in [0.29, 0.717) is 12.5 Å². The van der Waals surface area contributed by atoms with E-state index in [4.69, 9.17) is 5.73 Å². The molecule has 0 unspecified atom stereocenters. The van der Waals surface area contributed by atoms with Crippen LogP contribution >= 0.6 is 0 Å². The summed E-state index contributed by atoms with van der Waals surface area (Å²) in [6.45, 7) is 5.34. The van der Waals surface area contributed by atoms with Gasteiger partial charge in [0, 0.05) is 37.5 Å². The predicted molar refractivity (Wildman–Crippen MR) is 103 cm³/mol. The van der Waals surface area contributed by atoms with Crippen LogP contribution in [0.5, 0.6) is 0 Å². The summed E-state index contributed by atoms with van der Waals surface area (Å²) in [7, 11) is 0. The summed E-state index contributed by atoms with van der Waals surface area (Å²) in [5.74, 6) is 0.301. The molecule has 0 fully saturated rings. The van der Waals surface area contributed by atoms with Crippen molar-refractivity contribution in [1.82, 2.24) is 14.5 Å². The Labute approximate surface area is 151 Å². The van der Waals surface area contributed by atoms with Crippen LogP contribution in [0.3, 0.4) is 0 Å². The minimum absolute atomic E-state index is 0.000821. The number of nitrogens with two attached hydrogens (primary N) is 1. The van der Waals surface area contributed by atoms with Crippen LogP contribution in [0, 0.1) is 13.8 Å². The second kappa shape index (κ2) is 6.29. The van der Waals surface area contributed by atoms with Crippen LogP contribution in [0.4, 0.5) is 11.6 Å². The molecule has 0 radical (unpaired) electrons. The molecule has 132 valence electrons. The van der Waals surface area contributed by atoms with Crippen molar-refractivity contribution in [3.8, 4) is 5.69 Å². The number of anilines is 2. The van der Waals surface area contributed by atoms with Gasteiger partial charge >= 0.3 is 0 Å². The highest BCUT2D eigenvalue weighted by molar-refractivity contribution is 5.55. The Balaban J connectivity index is 1.78. The maximum absolute atomic E-state index is 13.3. The molecular weight excluding hydrogens is 326 g/mol. The number of hydrogen-bond donors (Lipinski definition) is 1. The summed E-state index contributed by atoms with van der Waals surface area (Å²) in [4.78, 5) is 23.8. The molecule has 26 heavy (non-hydrogen) atoms. The Morgan fingerprint density at radius 1 is 1.12 bits per heavy atom. The molecule has 0 atom stereocenters. The highest BCUT2D eigenvalue weighted by atomic mass is 16.1. The molecule has 0 amide bonds. The minimum Gasteiger partial charge on any atom is -0.368 e. The normalized spacial score (nSPS) is 13.5. The molecule has 3 aromatic rings. The largest absolute Gasteiger partial charge is 0.368 e. The maximum atomic E-state index is 13.3. The van der Waals surface area contributed by atoms with E-state index in [-0.39, 0.29) is 5.56 Å². The average molecular weight is 347 g/mol. The Bertz CT molecular complexity index is 1040. The van der Waals surface area contributed by atoms with Gasteiger partial charge < -0.3 is 10.6 Å². The van der Waals surface area contributed by atoms with Crippen LogP contribution in [0.1, 0.15) is 22.4 Å². The van der Waals surface area contributed by atoms with Gasteiger partial charge in [-0.05, 0) is 37.1 Å². The van der Waals surface area contributed by atoms with Gasteiger partial charge in [-0.15, -0.1) is 0 Å². The van der Waals surface area contributed by atoms with Gasteiger partial charge in [0.15, 0.2) is 0 Å². The molecule has 0 saturated carbocycles. The van der Waals surface area contributed by atoms with Crippen LogP contribution in [0.25, 0.3) is 5.69 Å². The lowest BCUT2D eigenvalue weighted by Gasteiger charge is -2.30. The zero-order valence-electron chi connectivity index (χ0n) is 14.9. The minimum atomic E-state index is -0.000821. The molecule has 4 rings (SSSR count). The van der Waals surface area contributed by atoms with Crippen LogP contribution < -0.4 is 16.2 Å². The van der Waals surface area contributed by atoms with Crippen LogP contribution in [-0.2, 0) is 13.0 Å². The summed E-state index contributed by atoms with van der Waals surface area (Å²) in [6.07, 6.45) is 4.37. The van der Waals surface area contributed by atoms with Gasteiger partial charge in [-0.3, -0.25) is 9.36 Å². The monoisotopic (exact) mass is 347 g/mol. The number of para-hydroxylation sites is 1. The fraction of sp³-hybridized carbons (Fsp3) is 0.250. The Hall–Kier alpha value is -3.15. The van der Waals surface area contributed by atoms with E-state index >= 15 is 0 Å². The molecular formula is C20H21N5O. The van der Waals surface area contributed by atoms with Crippen molar-refractivity contribution < 1.29 is 0 Å². The topological polar surface area (TPSA) is 77.0 Å². The third-order valence-corrected chi connectivity index (χ3v) is 4.91. The number of nitrogen functional groups attached to an aromatic ring is 1. The summed E-state index contributed by atoms with van der Waals surface area (Å²) >= 11 is 0. The summed E-state index contributed by atoms with van der Waals surface area (Å²) in [5, 5.41) is 0. The highest BCUT2D eigenvalue weighted by Crippen LogP contribution is 2.24. The molecule has 1 aliphatic heterocycles. The fourth-order valence-electron chi connectivity index (χ4n) is 3.55. The first kappa shape index (κ1) is 16.3. The van der Waals surface area contributed by atoms with Gasteiger partial charge in [-0.25, -0.2) is 9.97 Å². The standard InChI is InChI=1S/C20H21N5O/c1-13-5-3-4-6-17(13)25-10-7-14(2)18(19(25)26)24-9-8-16-15(12-24)11-22-20(21)23-16/h3-7,10-11H,8-9,12H2,1-2H3,(H2,21,22,23). The molecule has 0 bridgehead atoms. The molecule has 1 aliphatic rings.